The Morgan fingerprint density at radius 1 is 1.05 bits per heavy atom. The van der Waals surface area contributed by atoms with Crippen LogP contribution in [0.1, 0.15) is 54.0 Å². The van der Waals surface area contributed by atoms with Crippen LogP contribution in [0, 0.1) is 6.92 Å². The summed E-state index contributed by atoms with van der Waals surface area (Å²) >= 11 is 0. The number of fused-ring (bicyclic) bond motifs is 2. The van der Waals surface area contributed by atoms with Crippen molar-refractivity contribution >= 4 is 29.1 Å². The van der Waals surface area contributed by atoms with Gasteiger partial charge in [0.25, 0.3) is 0 Å². The summed E-state index contributed by atoms with van der Waals surface area (Å²) in [6, 6.07) is 29.5. The third-order valence-corrected chi connectivity index (χ3v) is 7.26. The van der Waals surface area contributed by atoms with Crippen LogP contribution in [-0.2, 0) is 4.79 Å². The molecule has 1 aliphatic heterocycles. The van der Waals surface area contributed by atoms with E-state index in [1.54, 1.807) is 0 Å². The second kappa shape index (κ2) is 12.3. The summed E-state index contributed by atoms with van der Waals surface area (Å²) in [5.41, 5.74) is 4.50. The van der Waals surface area contributed by atoms with Crippen molar-refractivity contribution in [1.29, 1.82) is 0 Å². The van der Waals surface area contributed by atoms with Crippen LogP contribution in [0.15, 0.2) is 84.9 Å². The van der Waals surface area contributed by atoms with Crippen molar-refractivity contribution < 1.29 is 19.4 Å². The summed E-state index contributed by atoms with van der Waals surface area (Å²) in [6.07, 6.45) is 1.80. The van der Waals surface area contributed by atoms with E-state index in [1.165, 1.54) is 16.3 Å². The Balaban J connectivity index is 0.00000336. The van der Waals surface area contributed by atoms with Crippen LogP contribution in [-0.4, -0.2) is 30.3 Å². The van der Waals surface area contributed by atoms with Crippen LogP contribution < -0.4 is 14.8 Å². The number of aryl methyl sites for hydroxylation is 1. The van der Waals surface area contributed by atoms with Crippen molar-refractivity contribution in [3.8, 4) is 11.5 Å². The molecule has 5 nitrogen and oxygen atoms in total. The summed E-state index contributed by atoms with van der Waals surface area (Å²) in [4.78, 5) is 11.0. The quantitative estimate of drug-likeness (QED) is 0.242. The highest BCUT2D eigenvalue weighted by Gasteiger charge is 2.29. The summed E-state index contributed by atoms with van der Waals surface area (Å²) in [5.74, 6) is 0.704. The molecule has 5 rings (SSSR count). The average Bonchev–Trinajstić information content (AvgIpc) is 2.91. The number of nitrogens with one attached hydrogen (secondary N) is 1. The van der Waals surface area contributed by atoms with Crippen molar-refractivity contribution in [2.45, 2.75) is 44.8 Å². The van der Waals surface area contributed by atoms with Crippen LogP contribution in [0.5, 0.6) is 11.5 Å². The molecule has 2 N–H and O–H groups in total. The Morgan fingerprint density at radius 3 is 2.66 bits per heavy atom. The molecule has 3 atom stereocenters. The smallest absolute Gasteiger partial charge is 0.341 e. The Hall–Kier alpha value is -3.54. The number of carboxylic acids is 1. The van der Waals surface area contributed by atoms with Gasteiger partial charge < -0.3 is 19.9 Å². The molecule has 0 bridgehead atoms. The van der Waals surface area contributed by atoms with E-state index < -0.39 is 5.97 Å². The van der Waals surface area contributed by atoms with Gasteiger partial charge in [0.1, 0.15) is 17.6 Å². The number of ether oxygens (including phenoxy) is 2. The van der Waals surface area contributed by atoms with E-state index in [0.29, 0.717) is 5.75 Å². The standard InChI is InChI=1S/C32H33NO4.ClH/c1-21-14-15-24(18-31(21)36-20-32(34)35)29-19-25(37-30-13-6-5-11-28(29)30)16-17-33-22(2)26-12-7-9-23-8-3-4-10-27(23)26;/h3-15,18,22,25,29,33H,16-17,19-20H2,1-2H3,(H,34,35);1H/t22-,25?,29?;/m1./s1. The van der Waals surface area contributed by atoms with E-state index in [1.807, 2.05) is 37.3 Å². The predicted molar refractivity (Wildman–Crippen MR) is 154 cm³/mol. The van der Waals surface area contributed by atoms with Crippen LogP contribution in [0.25, 0.3) is 10.8 Å². The van der Waals surface area contributed by atoms with Crippen LogP contribution in [0.3, 0.4) is 0 Å². The lowest BCUT2D eigenvalue weighted by molar-refractivity contribution is -0.139. The predicted octanol–water partition coefficient (Wildman–Crippen LogP) is 7.06. The molecule has 0 aromatic heterocycles. The fourth-order valence-electron chi connectivity index (χ4n) is 5.31. The molecule has 0 spiro atoms. The Kier molecular flexibility index (Phi) is 8.93. The summed E-state index contributed by atoms with van der Waals surface area (Å²) in [6.45, 7) is 4.64. The maximum absolute atomic E-state index is 11.0. The van der Waals surface area contributed by atoms with E-state index in [9.17, 15) is 4.79 Å². The minimum atomic E-state index is -0.980. The number of halogens is 1. The second-order valence-electron chi connectivity index (χ2n) is 9.81. The van der Waals surface area contributed by atoms with E-state index in [-0.39, 0.29) is 37.1 Å². The number of benzene rings is 4. The second-order valence-corrected chi connectivity index (χ2v) is 9.81. The first-order valence-electron chi connectivity index (χ1n) is 12.9. The Morgan fingerprint density at radius 2 is 1.82 bits per heavy atom. The maximum Gasteiger partial charge on any atom is 0.341 e. The highest BCUT2D eigenvalue weighted by atomic mass is 35.5. The SMILES string of the molecule is Cc1ccc(C2CC(CCN[C@H](C)c3cccc4ccccc34)Oc3ccccc32)cc1OCC(=O)O.Cl. The third-order valence-electron chi connectivity index (χ3n) is 7.26. The molecule has 0 amide bonds. The topological polar surface area (TPSA) is 67.8 Å². The van der Waals surface area contributed by atoms with Crippen molar-refractivity contribution in [3.05, 3.63) is 107 Å². The molecule has 1 heterocycles. The molecule has 0 radical (unpaired) electrons. The maximum atomic E-state index is 11.0. The molecule has 6 heteroatoms. The first-order chi connectivity index (χ1) is 18.0. The monoisotopic (exact) mass is 531 g/mol. The molecular formula is C32H34ClNO4. The first-order valence-corrected chi connectivity index (χ1v) is 12.9. The van der Waals surface area contributed by atoms with Gasteiger partial charge in [0.15, 0.2) is 6.61 Å². The van der Waals surface area contributed by atoms with Crippen LogP contribution >= 0.6 is 12.4 Å². The van der Waals surface area contributed by atoms with Gasteiger partial charge in [-0.2, -0.15) is 0 Å². The van der Waals surface area contributed by atoms with E-state index in [2.05, 4.69) is 66.8 Å². The lowest BCUT2D eigenvalue weighted by Gasteiger charge is -2.33. The molecule has 4 aromatic carbocycles. The lowest BCUT2D eigenvalue weighted by atomic mass is 9.83. The number of para-hydroxylation sites is 1. The number of rotatable bonds is 9. The van der Waals surface area contributed by atoms with Crippen molar-refractivity contribution in [2.24, 2.45) is 0 Å². The number of carbonyl (C=O) groups is 1. The highest BCUT2D eigenvalue weighted by molar-refractivity contribution is 5.86. The number of hydrogen-bond acceptors (Lipinski definition) is 4. The Labute approximate surface area is 230 Å². The van der Waals surface area contributed by atoms with Crippen molar-refractivity contribution in [2.75, 3.05) is 13.2 Å². The molecule has 4 aromatic rings. The summed E-state index contributed by atoms with van der Waals surface area (Å²) in [7, 11) is 0. The highest BCUT2D eigenvalue weighted by Crippen LogP contribution is 2.42. The molecule has 38 heavy (non-hydrogen) atoms. The number of carboxylic acid groups (broad SMARTS) is 1. The molecule has 1 aliphatic rings. The number of hydrogen-bond donors (Lipinski definition) is 2. The zero-order valence-electron chi connectivity index (χ0n) is 21.7. The van der Waals surface area contributed by atoms with Gasteiger partial charge in [0.05, 0.1) is 0 Å². The fourth-order valence-corrected chi connectivity index (χ4v) is 5.31. The van der Waals surface area contributed by atoms with Gasteiger partial charge in [-0.1, -0.05) is 72.8 Å². The van der Waals surface area contributed by atoms with Gasteiger partial charge in [-0.15, -0.1) is 12.4 Å². The van der Waals surface area contributed by atoms with Gasteiger partial charge in [0.2, 0.25) is 0 Å². The first kappa shape index (κ1) is 27.5. The van der Waals surface area contributed by atoms with E-state index in [4.69, 9.17) is 14.6 Å². The zero-order valence-corrected chi connectivity index (χ0v) is 22.5. The van der Waals surface area contributed by atoms with Crippen molar-refractivity contribution in [1.82, 2.24) is 5.32 Å². The molecule has 198 valence electrons. The van der Waals surface area contributed by atoms with Gasteiger partial charge >= 0.3 is 5.97 Å². The molecule has 0 saturated carbocycles. The van der Waals surface area contributed by atoms with Crippen LogP contribution in [0.4, 0.5) is 0 Å². The largest absolute Gasteiger partial charge is 0.490 e. The number of aliphatic carboxylic acids is 1. The Bertz CT molecular complexity index is 1400. The average molecular weight is 532 g/mol. The normalized spacial score (nSPS) is 17.1. The minimum absolute atomic E-state index is 0. The molecule has 0 saturated heterocycles. The fraction of sp³-hybridized carbons (Fsp3) is 0.281. The van der Waals surface area contributed by atoms with Crippen molar-refractivity contribution in [3.63, 3.8) is 0 Å². The van der Waals surface area contributed by atoms with E-state index >= 15 is 0 Å². The third kappa shape index (κ3) is 6.12. The van der Waals surface area contributed by atoms with E-state index in [0.717, 1.165) is 41.8 Å². The molecule has 2 unspecified atom stereocenters. The van der Waals surface area contributed by atoms with Gasteiger partial charge in [-0.3, -0.25) is 0 Å². The minimum Gasteiger partial charge on any atom is -0.490 e. The summed E-state index contributed by atoms with van der Waals surface area (Å²) < 4.78 is 12.0. The van der Waals surface area contributed by atoms with Gasteiger partial charge in [-0.05, 0) is 72.8 Å². The lowest BCUT2D eigenvalue weighted by Crippen LogP contribution is -2.31. The van der Waals surface area contributed by atoms with Crippen LogP contribution in [0.2, 0.25) is 0 Å². The summed E-state index contributed by atoms with van der Waals surface area (Å²) in [5, 5.41) is 15.3. The molecule has 0 aliphatic carbocycles. The molecule has 0 fully saturated rings. The molecular weight excluding hydrogens is 498 g/mol. The zero-order chi connectivity index (χ0) is 25.8. The van der Waals surface area contributed by atoms with Gasteiger partial charge in [0, 0.05) is 17.5 Å². The van der Waals surface area contributed by atoms with Gasteiger partial charge in [-0.25, -0.2) is 4.79 Å².